The summed E-state index contributed by atoms with van der Waals surface area (Å²) in [4.78, 5) is 14.6. The molecule has 0 bridgehead atoms. The van der Waals surface area contributed by atoms with E-state index in [0.717, 1.165) is 25.9 Å². The first-order valence-corrected chi connectivity index (χ1v) is 10.9. The minimum absolute atomic E-state index is 0.0760. The van der Waals surface area contributed by atoms with E-state index in [1.54, 1.807) is 18.3 Å². The van der Waals surface area contributed by atoms with Crippen LogP contribution in [-0.2, 0) is 14.8 Å². The summed E-state index contributed by atoms with van der Waals surface area (Å²) in [6.45, 7) is 2.35. The van der Waals surface area contributed by atoms with Gasteiger partial charge in [-0.2, -0.15) is 9.40 Å². The molecule has 0 spiro atoms. The van der Waals surface area contributed by atoms with Crippen LogP contribution in [0, 0.1) is 5.92 Å². The van der Waals surface area contributed by atoms with Gasteiger partial charge in [-0.25, -0.2) is 8.42 Å². The molecule has 0 radical (unpaired) electrons. The van der Waals surface area contributed by atoms with Crippen molar-refractivity contribution in [3.05, 3.63) is 24.4 Å². The standard InChI is InChI=1S/C18H24N4O4S/c23-18(21-10-2-1-3-11-21)14-7-12-22(13-8-14)27(24,25)17-5-4-16(26-17)15-6-9-19-20-15/h4-6,9,14H,1-3,7-8,10-13H2,(H,19,20). The molecule has 2 saturated heterocycles. The first kappa shape index (κ1) is 18.2. The van der Waals surface area contributed by atoms with E-state index in [1.807, 2.05) is 4.90 Å². The van der Waals surface area contributed by atoms with Gasteiger partial charge in [-0.05, 0) is 50.3 Å². The lowest BCUT2D eigenvalue weighted by molar-refractivity contribution is -0.137. The molecule has 0 unspecified atom stereocenters. The number of piperidine rings is 2. The van der Waals surface area contributed by atoms with Crippen LogP contribution in [0.4, 0.5) is 0 Å². The first-order chi connectivity index (χ1) is 13.1. The monoisotopic (exact) mass is 392 g/mol. The molecule has 1 amide bonds. The smallest absolute Gasteiger partial charge is 0.276 e. The maximum atomic E-state index is 12.9. The largest absolute Gasteiger partial charge is 0.442 e. The van der Waals surface area contributed by atoms with Crippen LogP contribution in [-0.4, -0.2) is 59.9 Å². The highest BCUT2D eigenvalue weighted by Gasteiger charge is 2.35. The van der Waals surface area contributed by atoms with Crippen LogP contribution in [0.3, 0.4) is 0 Å². The van der Waals surface area contributed by atoms with E-state index >= 15 is 0 Å². The molecule has 2 fully saturated rings. The molecule has 2 aliphatic rings. The van der Waals surface area contributed by atoms with Crippen LogP contribution in [0.1, 0.15) is 32.1 Å². The van der Waals surface area contributed by atoms with Gasteiger partial charge in [0, 0.05) is 38.3 Å². The number of likely N-dealkylation sites (tertiary alicyclic amines) is 1. The van der Waals surface area contributed by atoms with Crippen LogP contribution in [0.2, 0.25) is 0 Å². The van der Waals surface area contributed by atoms with Crippen molar-refractivity contribution in [1.82, 2.24) is 19.4 Å². The quantitative estimate of drug-likeness (QED) is 0.859. The Morgan fingerprint density at radius 2 is 1.81 bits per heavy atom. The van der Waals surface area contributed by atoms with Crippen LogP contribution in [0.25, 0.3) is 11.5 Å². The molecule has 146 valence electrons. The van der Waals surface area contributed by atoms with Gasteiger partial charge in [0.1, 0.15) is 5.69 Å². The molecule has 0 saturated carbocycles. The summed E-state index contributed by atoms with van der Waals surface area (Å²) in [5.74, 6) is 0.541. The topological polar surface area (TPSA) is 99.5 Å². The van der Waals surface area contributed by atoms with Gasteiger partial charge in [0.25, 0.3) is 10.0 Å². The van der Waals surface area contributed by atoms with Crippen molar-refractivity contribution in [2.75, 3.05) is 26.2 Å². The van der Waals surface area contributed by atoms with Crippen LogP contribution < -0.4 is 0 Å². The molecular formula is C18H24N4O4S. The van der Waals surface area contributed by atoms with Gasteiger partial charge in [0.05, 0.1) is 0 Å². The van der Waals surface area contributed by atoms with Gasteiger partial charge in [0.15, 0.2) is 5.76 Å². The molecule has 2 aliphatic heterocycles. The Morgan fingerprint density at radius 1 is 1.07 bits per heavy atom. The third-order valence-electron chi connectivity index (χ3n) is 5.41. The van der Waals surface area contributed by atoms with E-state index in [4.69, 9.17) is 4.42 Å². The van der Waals surface area contributed by atoms with Crippen molar-refractivity contribution >= 4 is 15.9 Å². The zero-order chi connectivity index (χ0) is 18.9. The summed E-state index contributed by atoms with van der Waals surface area (Å²) < 4.78 is 32.7. The molecule has 4 heterocycles. The zero-order valence-corrected chi connectivity index (χ0v) is 16.0. The van der Waals surface area contributed by atoms with E-state index in [1.165, 1.54) is 16.8 Å². The van der Waals surface area contributed by atoms with E-state index in [9.17, 15) is 13.2 Å². The fraction of sp³-hybridized carbons (Fsp3) is 0.556. The molecule has 27 heavy (non-hydrogen) atoms. The summed E-state index contributed by atoms with van der Waals surface area (Å²) in [6, 6.07) is 4.80. The minimum Gasteiger partial charge on any atom is -0.442 e. The third-order valence-corrected chi connectivity index (χ3v) is 7.19. The first-order valence-electron chi connectivity index (χ1n) is 9.44. The molecule has 2 aromatic rings. The molecule has 4 rings (SSSR count). The Morgan fingerprint density at radius 3 is 2.48 bits per heavy atom. The van der Waals surface area contributed by atoms with E-state index in [0.29, 0.717) is 37.4 Å². The number of aromatic amines is 1. The molecule has 0 aliphatic carbocycles. The number of carbonyl (C=O) groups is 1. The zero-order valence-electron chi connectivity index (χ0n) is 15.1. The predicted octanol–water partition coefficient (Wildman–Crippen LogP) is 2.08. The summed E-state index contributed by atoms with van der Waals surface area (Å²) >= 11 is 0. The van der Waals surface area contributed by atoms with Crippen molar-refractivity contribution in [3.8, 4) is 11.5 Å². The Labute approximate surface area is 158 Å². The number of rotatable bonds is 4. The van der Waals surface area contributed by atoms with Gasteiger partial charge in [0.2, 0.25) is 11.0 Å². The van der Waals surface area contributed by atoms with Crippen LogP contribution in [0.5, 0.6) is 0 Å². The number of nitrogens with zero attached hydrogens (tertiary/aromatic N) is 3. The maximum absolute atomic E-state index is 12.9. The number of hydrogen-bond acceptors (Lipinski definition) is 5. The fourth-order valence-electron chi connectivity index (χ4n) is 3.84. The van der Waals surface area contributed by atoms with Gasteiger partial charge < -0.3 is 9.32 Å². The number of amides is 1. The lowest BCUT2D eigenvalue weighted by Gasteiger charge is -2.34. The maximum Gasteiger partial charge on any atom is 0.276 e. The van der Waals surface area contributed by atoms with Crippen molar-refractivity contribution in [2.24, 2.45) is 5.92 Å². The summed E-state index contributed by atoms with van der Waals surface area (Å²) in [5.41, 5.74) is 0.627. The molecule has 1 N–H and O–H groups in total. The van der Waals surface area contributed by atoms with Crippen molar-refractivity contribution in [3.63, 3.8) is 0 Å². The summed E-state index contributed by atoms with van der Waals surface area (Å²) in [6.07, 6.45) is 6.01. The number of carbonyl (C=O) groups excluding carboxylic acids is 1. The third kappa shape index (κ3) is 3.66. The van der Waals surface area contributed by atoms with Crippen LogP contribution in [0.15, 0.2) is 33.9 Å². The lowest BCUT2D eigenvalue weighted by atomic mass is 9.95. The highest BCUT2D eigenvalue weighted by molar-refractivity contribution is 7.89. The molecule has 2 aromatic heterocycles. The van der Waals surface area contributed by atoms with Gasteiger partial charge in [-0.15, -0.1) is 0 Å². The summed E-state index contributed by atoms with van der Waals surface area (Å²) in [5, 5.41) is 6.52. The summed E-state index contributed by atoms with van der Waals surface area (Å²) in [7, 11) is -3.70. The van der Waals surface area contributed by atoms with Gasteiger partial charge >= 0.3 is 0 Å². The highest BCUT2D eigenvalue weighted by atomic mass is 32.2. The van der Waals surface area contributed by atoms with Gasteiger partial charge in [-0.3, -0.25) is 9.89 Å². The second-order valence-electron chi connectivity index (χ2n) is 7.15. The van der Waals surface area contributed by atoms with Crippen molar-refractivity contribution < 1.29 is 17.6 Å². The molecular weight excluding hydrogens is 368 g/mol. The Hall–Kier alpha value is -2.13. The molecule has 0 aromatic carbocycles. The Bertz CT molecular complexity index is 876. The second kappa shape index (κ2) is 7.47. The van der Waals surface area contributed by atoms with E-state index in [-0.39, 0.29) is 16.9 Å². The number of H-pyrrole nitrogens is 1. The number of aromatic nitrogens is 2. The van der Waals surface area contributed by atoms with Crippen LogP contribution >= 0.6 is 0 Å². The molecule has 9 heteroatoms. The molecule has 8 nitrogen and oxygen atoms in total. The average Bonchev–Trinajstić information content (AvgIpc) is 3.40. The molecule has 0 atom stereocenters. The lowest BCUT2D eigenvalue weighted by Crippen LogP contribution is -2.45. The van der Waals surface area contributed by atoms with Gasteiger partial charge in [-0.1, -0.05) is 0 Å². The Kier molecular flexibility index (Phi) is 5.05. The van der Waals surface area contributed by atoms with Crippen molar-refractivity contribution in [1.29, 1.82) is 0 Å². The number of hydrogen-bond donors (Lipinski definition) is 1. The fourth-order valence-corrected chi connectivity index (χ4v) is 5.22. The van der Waals surface area contributed by atoms with Crippen molar-refractivity contribution in [2.45, 2.75) is 37.2 Å². The number of furan rings is 1. The van der Waals surface area contributed by atoms with E-state index in [2.05, 4.69) is 10.2 Å². The minimum atomic E-state index is -3.70. The SMILES string of the molecule is O=C(C1CCN(S(=O)(=O)c2ccc(-c3ccn[nH]3)o2)CC1)N1CCCCC1. The average molecular weight is 392 g/mol. The number of nitrogens with one attached hydrogen (secondary N) is 1. The normalized spacial score (nSPS) is 20.1. The predicted molar refractivity (Wildman–Crippen MR) is 98.2 cm³/mol. The van der Waals surface area contributed by atoms with E-state index < -0.39 is 10.0 Å². The highest BCUT2D eigenvalue weighted by Crippen LogP contribution is 2.29. The number of sulfonamides is 1. The second-order valence-corrected chi connectivity index (χ2v) is 9.02. The Balaban J connectivity index is 1.40.